The van der Waals surface area contributed by atoms with E-state index in [-0.39, 0.29) is 52.1 Å². The van der Waals surface area contributed by atoms with Gasteiger partial charge in [-0.05, 0) is 115 Å². The molecule has 16 heteroatoms. The van der Waals surface area contributed by atoms with Crippen LogP contribution in [0.1, 0.15) is 66.8 Å². The van der Waals surface area contributed by atoms with Crippen LogP contribution in [0, 0.1) is 0 Å². The van der Waals surface area contributed by atoms with Crippen LogP contribution >= 0.6 is 0 Å². The van der Waals surface area contributed by atoms with Gasteiger partial charge in [0.25, 0.3) is 0 Å². The van der Waals surface area contributed by atoms with Gasteiger partial charge in [-0.25, -0.2) is 28.8 Å². The molecular formula is C52H52O16. The smallest absolute Gasteiger partial charge is 0.331 e. The molecule has 0 aromatic heterocycles. The number of methoxy groups -OCH3 is 6. The molecule has 8 bridgehead atoms. The van der Waals surface area contributed by atoms with Crippen LogP contribution < -0.4 is 18.9 Å². The van der Waals surface area contributed by atoms with Crippen molar-refractivity contribution >= 4 is 35.8 Å². The van der Waals surface area contributed by atoms with Crippen LogP contribution in [0.25, 0.3) is 0 Å². The minimum atomic E-state index is -0.785. The Morgan fingerprint density at radius 3 is 0.765 bits per heavy atom. The zero-order valence-corrected chi connectivity index (χ0v) is 38.7. The number of hydrogen-bond donors (Lipinski definition) is 0. The van der Waals surface area contributed by atoms with Crippen molar-refractivity contribution in [3.05, 3.63) is 165 Å². The first-order valence-corrected chi connectivity index (χ1v) is 20.9. The Bertz CT molecular complexity index is 2470. The summed E-state index contributed by atoms with van der Waals surface area (Å²) in [5.74, 6) is -2.24. The number of fused-ring (bicyclic) bond motifs is 8. The zero-order valence-electron chi connectivity index (χ0n) is 38.7. The van der Waals surface area contributed by atoms with Gasteiger partial charge in [-0.2, -0.15) is 0 Å². The molecule has 0 N–H and O–H groups in total. The molecule has 0 atom stereocenters. The Labute approximate surface area is 393 Å². The first kappa shape index (κ1) is 50.9. The normalized spacial score (nSPS) is 11.7. The van der Waals surface area contributed by atoms with E-state index < -0.39 is 35.8 Å². The minimum absolute atomic E-state index is 0.0973. The highest BCUT2D eigenvalue weighted by atomic mass is 16.6. The fourth-order valence-electron chi connectivity index (χ4n) is 7.80. The van der Waals surface area contributed by atoms with E-state index in [2.05, 4.69) is 22.6 Å². The third-order valence-corrected chi connectivity index (χ3v) is 10.5. The average molecular weight is 933 g/mol. The number of ether oxygens (including phenoxy) is 10. The Kier molecular flexibility index (Phi) is 18.2. The molecule has 5 rings (SSSR count). The molecule has 0 saturated carbocycles. The summed E-state index contributed by atoms with van der Waals surface area (Å²) in [6, 6.07) is 14.8. The lowest BCUT2D eigenvalue weighted by Crippen LogP contribution is -2.10. The molecule has 4 aromatic carbocycles. The highest BCUT2D eigenvalue weighted by Gasteiger charge is 2.24. The van der Waals surface area contributed by atoms with E-state index in [0.29, 0.717) is 89.8 Å². The number of carbonyl (C=O) groups excluding carboxylic acids is 6. The minimum Gasteiger partial charge on any atom is -0.496 e. The highest BCUT2D eigenvalue weighted by molar-refractivity contribution is 5.92. The number of benzene rings is 4. The number of hydrogen-bond acceptors (Lipinski definition) is 16. The summed E-state index contributed by atoms with van der Waals surface area (Å²) < 4.78 is 56.1. The van der Waals surface area contributed by atoms with Gasteiger partial charge in [0.2, 0.25) is 0 Å². The monoisotopic (exact) mass is 932 g/mol. The third-order valence-electron chi connectivity index (χ3n) is 10.5. The van der Waals surface area contributed by atoms with Gasteiger partial charge in [-0.15, -0.1) is 0 Å². The van der Waals surface area contributed by atoms with E-state index in [1.807, 2.05) is 48.5 Å². The SMILES string of the molecule is C=CC(=O)OCc1cc2c(OC)c(c1)Cc1cc(COC(=O)/C=C\C(=O)OC)cc(c1OC)Cc1cc(COC(=O)/C=C\C(=O)OC)cc(c1OC)Cc1cc(COC(=O)C=C)cc(c1OC)C2. The maximum atomic E-state index is 12.8. The lowest BCUT2D eigenvalue weighted by atomic mass is 9.88. The maximum Gasteiger partial charge on any atom is 0.331 e. The Morgan fingerprint density at radius 2 is 0.574 bits per heavy atom. The van der Waals surface area contributed by atoms with E-state index in [1.54, 1.807) is 14.2 Å². The molecule has 16 nitrogen and oxygen atoms in total. The summed E-state index contributed by atoms with van der Waals surface area (Å²) in [6.45, 7) is 6.44. The van der Waals surface area contributed by atoms with Crippen molar-refractivity contribution in [3.63, 3.8) is 0 Å². The molecule has 0 aliphatic heterocycles. The third kappa shape index (κ3) is 13.5. The molecule has 0 spiro atoms. The Balaban J connectivity index is 1.81. The van der Waals surface area contributed by atoms with Crippen LogP contribution in [0.5, 0.6) is 23.0 Å². The standard InChI is InChI=1S/C52H52O16/c1-9-43(53)65-27-31-15-35-23-36-16-32(28-66-44(54)10-2)18-38(50(36)62-6)25-40-20-34(30-68-48(58)14-12-46(56)60-4)22-42(52(40)64-8)26-41-21-33(29-67-47(57)13-11-45(55)59-3)19-39(51(41)63-7)24-37(17-31)49(35)61-5/h9-22H,1-2,23-30H2,3-8H3/b13-11-,14-12-. The molecule has 0 saturated heterocycles. The topological polar surface area (TPSA) is 195 Å². The molecule has 0 heterocycles. The second kappa shape index (κ2) is 24.4. The van der Waals surface area contributed by atoms with E-state index in [0.717, 1.165) is 36.5 Å². The van der Waals surface area contributed by atoms with Crippen molar-refractivity contribution in [2.75, 3.05) is 42.7 Å². The molecule has 0 radical (unpaired) electrons. The number of esters is 6. The molecule has 68 heavy (non-hydrogen) atoms. The summed E-state index contributed by atoms with van der Waals surface area (Å²) >= 11 is 0. The predicted molar refractivity (Wildman–Crippen MR) is 245 cm³/mol. The molecule has 4 aromatic rings. The van der Waals surface area contributed by atoms with E-state index in [9.17, 15) is 28.8 Å². The van der Waals surface area contributed by atoms with Crippen molar-refractivity contribution in [1.82, 2.24) is 0 Å². The molecule has 0 unspecified atom stereocenters. The molecule has 356 valence electrons. The number of carbonyl (C=O) groups is 6. The van der Waals surface area contributed by atoms with Crippen molar-refractivity contribution in [3.8, 4) is 23.0 Å². The quantitative estimate of drug-likeness (QED) is 0.0532. The zero-order chi connectivity index (χ0) is 49.3. The molecule has 0 fully saturated rings. The largest absolute Gasteiger partial charge is 0.496 e. The first-order chi connectivity index (χ1) is 32.8. The fourth-order valence-corrected chi connectivity index (χ4v) is 7.80. The molecular weight excluding hydrogens is 881 g/mol. The van der Waals surface area contributed by atoms with Gasteiger partial charge < -0.3 is 47.4 Å². The van der Waals surface area contributed by atoms with Gasteiger partial charge in [0.05, 0.1) is 42.7 Å². The van der Waals surface area contributed by atoms with Gasteiger partial charge in [-0.1, -0.05) is 13.2 Å². The summed E-state index contributed by atoms with van der Waals surface area (Å²) in [6.07, 6.45) is 6.77. The van der Waals surface area contributed by atoms with Gasteiger partial charge in [0, 0.05) is 62.1 Å². The Hall–Kier alpha value is -8.14. The van der Waals surface area contributed by atoms with E-state index in [1.165, 1.54) is 28.4 Å². The van der Waals surface area contributed by atoms with Gasteiger partial charge in [-0.3, -0.25) is 0 Å². The highest BCUT2D eigenvalue weighted by Crippen LogP contribution is 2.41. The number of rotatable bonds is 18. The molecule has 0 amide bonds. The van der Waals surface area contributed by atoms with Crippen LogP contribution in [0.2, 0.25) is 0 Å². The first-order valence-electron chi connectivity index (χ1n) is 20.9. The van der Waals surface area contributed by atoms with Crippen LogP contribution in [-0.4, -0.2) is 78.5 Å². The lowest BCUT2D eigenvalue weighted by molar-refractivity contribution is -0.140. The van der Waals surface area contributed by atoms with E-state index >= 15 is 0 Å². The van der Waals surface area contributed by atoms with Crippen molar-refractivity contribution in [2.24, 2.45) is 0 Å². The van der Waals surface area contributed by atoms with Gasteiger partial charge >= 0.3 is 35.8 Å². The van der Waals surface area contributed by atoms with Gasteiger partial charge in [0.15, 0.2) is 0 Å². The predicted octanol–water partition coefficient (Wildman–Crippen LogP) is 6.40. The second-order valence-corrected chi connectivity index (χ2v) is 15.0. The van der Waals surface area contributed by atoms with Crippen molar-refractivity contribution < 1.29 is 76.1 Å². The van der Waals surface area contributed by atoms with Crippen molar-refractivity contribution in [2.45, 2.75) is 52.1 Å². The second-order valence-electron chi connectivity index (χ2n) is 15.0. The Morgan fingerprint density at radius 1 is 0.368 bits per heavy atom. The van der Waals surface area contributed by atoms with E-state index in [4.69, 9.17) is 37.9 Å². The van der Waals surface area contributed by atoms with Crippen LogP contribution in [0.15, 0.2) is 98.1 Å². The summed E-state index contributed by atoms with van der Waals surface area (Å²) in [5, 5.41) is 0. The summed E-state index contributed by atoms with van der Waals surface area (Å²) in [7, 11) is 8.55. The summed E-state index contributed by atoms with van der Waals surface area (Å²) in [4.78, 5) is 73.5. The summed E-state index contributed by atoms with van der Waals surface area (Å²) in [5.41, 5.74) is 7.77. The fraction of sp³-hybridized carbons (Fsp3) is 0.269. The van der Waals surface area contributed by atoms with Crippen LogP contribution in [0.3, 0.4) is 0 Å². The molecule has 1 aliphatic carbocycles. The lowest BCUT2D eigenvalue weighted by Gasteiger charge is -2.23. The maximum absolute atomic E-state index is 12.8. The van der Waals surface area contributed by atoms with Crippen LogP contribution in [-0.2, 0) is 109 Å². The van der Waals surface area contributed by atoms with Gasteiger partial charge in [0.1, 0.15) is 49.4 Å². The van der Waals surface area contributed by atoms with Crippen molar-refractivity contribution in [1.29, 1.82) is 0 Å². The molecule has 1 aliphatic rings. The van der Waals surface area contributed by atoms with Crippen LogP contribution in [0.4, 0.5) is 0 Å². The average Bonchev–Trinajstić information content (AvgIpc) is 3.33.